The summed E-state index contributed by atoms with van der Waals surface area (Å²) in [5.74, 6) is 0. The fourth-order valence-corrected chi connectivity index (χ4v) is 1.05. The predicted molar refractivity (Wildman–Crippen MR) is 58.1 cm³/mol. The maximum absolute atomic E-state index is 10.5. The first-order valence-electron chi connectivity index (χ1n) is 4.34. The Balaban J connectivity index is 2.94. The molecule has 16 heavy (non-hydrogen) atoms. The summed E-state index contributed by atoms with van der Waals surface area (Å²) in [7, 11) is 0. The lowest BCUT2D eigenvalue weighted by atomic mass is 10.1. The van der Waals surface area contributed by atoms with E-state index in [-0.39, 0.29) is 5.69 Å². The van der Waals surface area contributed by atoms with Gasteiger partial charge in [0.05, 0.1) is 11.1 Å². The number of hydrazone groups is 1. The Kier molecular flexibility index (Phi) is 3.54. The Morgan fingerprint density at radius 3 is 2.88 bits per heavy atom. The van der Waals surface area contributed by atoms with Gasteiger partial charge < -0.3 is 5.73 Å². The zero-order valence-corrected chi connectivity index (χ0v) is 8.51. The van der Waals surface area contributed by atoms with Crippen molar-refractivity contribution in [2.75, 3.05) is 0 Å². The van der Waals surface area contributed by atoms with Crippen LogP contribution in [-0.4, -0.2) is 17.2 Å². The van der Waals surface area contributed by atoms with Crippen LogP contribution in [0.15, 0.2) is 23.3 Å². The number of nitro groups is 1. The number of hydrogen-bond donors (Lipinski definition) is 2. The zero-order chi connectivity index (χ0) is 12.1. The topological polar surface area (TPSA) is 111 Å². The van der Waals surface area contributed by atoms with Crippen LogP contribution < -0.4 is 11.2 Å². The molecule has 0 radical (unpaired) electrons. The molecule has 3 N–H and O–H groups in total. The van der Waals surface area contributed by atoms with Gasteiger partial charge in [0.2, 0.25) is 0 Å². The SMILES string of the molecule is Cc1ccc([N+](=O)[O-])cc1C=NNC(N)=O. The van der Waals surface area contributed by atoms with E-state index in [0.717, 1.165) is 5.56 Å². The van der Waals surface area contributed by atoms with Crippen LogP contribution in [0.2, 0.25) is 0 Å². The van der Waals surface area contributed by atoms with Gasteiger partial charge in [0, 0.05) is 17.7 Å². The highest BCUT2D eigenvalue weighted by molar-refractivity contribution is 5.84. The minimum absolute atomic E-state index is 0.0360. The molecule has 0 aliphatic rings. The highest BCUT2D eigenvalue weighted by Gasteiger charge is 2.06. The zero-order valence-electron chi connectivity index (χ0n) is 8.51. The summed E-state index contributed by atoms with van der Waals surface area (Å²) < 4.78 is 0. The van der Waals surface area contributed by atoms with Gasteiger partial charge in [0.25, 0.3) is 5.69 Å². The van der Waals surface area contributed by atoms with Crippen LogP contribution in [0, 0.1) is 17.0 Å². The average Bonchev–Trinajstić information content (AvgIpc) is 2.20. The van der Waals surface area contributed by atoms with Crippen molar-refractivity contribution in [2.24, 2.45) is 10.8 Å². The first-order valence-corrected chi connectivity index (χ1v) is 4.34. The average molecular weight is 222 g/mol. The highest BCUT2D eigenvalue weighted by Crippen LogP contribution is 2.15. The molecule has 7 heteroatoms. The first-order chi connectivity index (χ1) is 7.50. The third kappa shape index (κ3) is 3.05. The number of carbonyl (C=O) groups is 1. The number of aryl methyl sites for hydroxylation is 1. The van der Waals surface area contributed by atoms with E-state index in [1.807, 2.05) is 5.43 Å². The van der Waals surface area contributed by atoms with E-state index in [1.165, 1.54) is 18.3 Å². The minimum Gasteiger partial charge on any atom is -0.350 e. The number of hydrogen-bond acceptors (Lipinski definition) is 4. The normalized spacial score (nSPS) is 10.3. The Morgan fingerprint density at radius 1 is 1.62 bits per heavy atom. The standard InChI is InChI=1S/C9H10N4O3/c1-6-2-3-8(13(15)16)4-7(6)5-11-12-9(10)14/h2-5H,1H3,(H3,10,12,14). The van der Waals surface area contributed by atoms with Gasteiger partial charge in [0.1, 0.15) is 0 Å². The van der Waals surface area contributed by atoms with Crippen LogP contribution in [0.25, 0.3) is 0 Å². The molecule has 0 aliphatic heterocycles. The summed E-state index contributed by atoms with van der Waals surface area (Å²) in [5.41, 5.74) is 8.12. The van der Waals surface area contributed by atoms with E-state index >= 15 is 0 Å². The number of amides is 2. The summed E-state index contributed by atoms with van der Waals surface area (Å²) in [4.78, 5) is 20.4. The molecule has 1 aromatic carbocycles. The number of nitrogens with two attached hydrogens (primary N) is 1. The highest BCUT2D eigenvalue weighted by atomic mass is 16.6. The third-order valence-corrected chi connectivity index (χ3v) is 1.85. The molecule has 0 atom stereocenters. The van der Waals surface area contributed by atoms with Crippen LogP contribution in [0.5, 0.6) is 0 Å². The fourth-order valence-electron chi connectivity index (χ4n) is 1.05. The smallest absolute Gasteiger partial charge is 0.332 e. The summed E-state index contributed by atoms with van der Waals surface area (Å²) in [6, 6.07) is 3.57. The maximum atomic E-state index is 10.5. The molecule has 1 rings (SSSR count). The minimum atomic E-state index is -0.792. The van der Waals surface area contributed by atoms with Gasteiger partial charge in [-0.2, -0.15) is 5.10 Å². The van der Waals surface area contributed by atoms with E-state index in [1.54, 1.807) is 13.0 Å². The van der Waals surface area contributed by atoms with Crippen molar-refractivity contribution in [1.82, 2.24) is 5.43 Å². The molecule has 0 saturated heterocycles. The molecule has 0 bridgehead atoms. The van der Waals surface area contributed by atoms with E-state index in [0.29, 0.717) is 5.56 Å². The number of primary amides is 1. The van der Waals surface area contributed by atoms with Crippen LogP contribution in [0.3, 0.4) is 0 Å². The molecule has 0 saturated carbocycles. The molecular weight excluding hydrogens is 212 g/mol. The summed E-state index contributed by atoms with van der Waals surface area (Å²) >= 11 is 0. The molecule has 1 aromatic rings. The molecule has 7 nitrogen and oxygen atoms in total. The van der Waals surface area contributed by atoms with Crippen molar-refractivity contribution in [1.29, 1.82) is 0 Å². The number of urea groups is 1. The van der Waals surface area contributed by atoms with Crippen molar-refractivity contribution < 1.29 is 9.72 Å². The number of carbonyl (C=O) groups excluding carboxylic acids is 1. The Morgan fingerprint density at radius 2 is 2.31 bits per heavy atom. The predicted octanol–water partition coefficient (Wildman–Crippen LogP) is 0.905. The van der Waals surface area contributed by atoms with Crippen LogP contribution in [0.1, 0.15) is 11.1 Å². The Labute approximate surface area is 91.1 Å². The number of rotatable bonds is 3. The summed E-state index contributed by atoms with van der Waals surface area (Å²) in [6.07, 6.45) is 1.30. The van der Waals surface area contributed by atoms with Gasteiger partial charge in [-0.3, -0.25) is 10.1 Å². The summed E-state index contributed by atoms with van der Waals surface area (Å²) in [6.45, 7) is 1.77. The summed E-state index contributed by atoms with van der Waals surface area (Å²) in [5, 5.41) is 14.0. The fraction of sp³-hybridized carbons (Fsp3) is 0.111. The molecule has 0 aromatic heterocycles. The van der Waals surface area contributed by atoms with Gasteiger partial charge in [-0.15, -0.1) is 0 Å². The second-order valence-electron chi connectivity index (χ2n) is 3.03. The van der Waals surface area contributed by atoms with Crippen molar-refractivity contribution in [2.45, 2.75) is 6.92 Å². The van der Waals surface area contributed by atoms with Crippen molar-refractivity contribution in [3.05, 3.63) is 39.4 Å². The monoisotopic (exact) mass is 222 g/mol. The lowest BCUT2D eigenvalue weighted by Crippen LogP contribution is -2.24. The number of nitro benzene ring substituents is 1. The molecule has 0 aliphatic carbocycles. The largest absolute Gasteiger partial charge is 0.350 e. The van der Waals surface area contributed by atoms with Crippen LogP contribution in [0.4, 0.5) is 10.5 Å². The van der Waals surface area contributed by atoms with Crippen LogP contribution in [-0.2, 0) is 0 Å². The molecule has 0 fully saturated rings. The van der Waals surface area contributed by atoms with Gasteiger partial charge in [-0.1, -0.05) is 6.07 Å². The molecule has 0 spiro atoms. The van der Waals surface area contributed by atoms with Gasteiger partial charge in [-0.05, 0) is 12.5 Å². The first kappa shape index (κ1) is 11.6. The van der Waals surface area contributed by atoms with Crippen LogP contribution >= 0.6 is 0 Å². The quantitative estimate of drug-likeness (QED) is 0.450. The molecular formula is C9H10N4O3. The number of nitrogens with one attached hydrogen (secondary N) is 1. The molecule has 2 amide bonds. The van der Waals surface area contributed by atoms with Gasteiger partial charge >= 0.3 is 6.03 Å². The van der Waals surface area contributed by atoms with Gasteiger partial charge in [-0.25, -0.2) is 10.2 Å². The van der Waals surface area contributed by atoms with E-state index in [2.05, 4.69) is 5.10 Å². The van der Waals surface area contributed by atoms with Crippen molar-refractivity contribution in [3.63, 3.8) is 0 Å². The van der Waals surface area contributed by atoms with E-state index in [9.17, 15) is 14.9 Å². The lowest BCUT2D eigenvalue weighted by molar-refractivity contribution is -0.384. The maximum Gasteiger partial charge on any atom is 0.332 e. The van der Waals surface area contributed by atoms with E-state index < -0.39 is 11.0 Å². The van der Waals surface area contributed by atoms with Crippen molar-refractivity contribution >= 4 is 17.9 Å². The molecule has 84 valence electrons. The molecule has 0 heterocycles. The lowest BCUT2D eigenvalue weighted by Gasteiger charge is -1.99. The van der Waals surface area contributed by atoms with Gasteiger partial charge in [0.15, 0.2) is 0 Å². The molecule has 0 unspecified atom stereocenters. The number of nitrogens with zero attached hydrogens (tertiary/aromatic N) is 2. The Hall–Kier alpha value is -2.44. The second-order valence-corrected chi connectivity index (χ2v) is 3.03. The Bertz CT molecular complexity index is 456. The third-order valence-electron chi connectivity index (χ3n) is 1.85. The van der Waals surface area contributed by atoms with Crippen molar-refractivity contribution in [3.8, 4) is 0 Å². The number of benzene rings is 1. The second kappa shape index (κ2) is 4.87. The number of non-ortho nitro benzene ring substituents is 1. The van der Waals surface area contributed by atoms with E-state index in [4.69, 9.17) is 5.73 Å².